The summed E-state index contributed by atoms with van der Waals surface area (Å²) in [7, 11) is 1.86. The van der Waals surface area contributed by atoms with E-state index in [-0.39, 0.29) is 0 Å². The molecule has 1 saturated carbocycles. The number of hydrogen-bond donors (Lipinski definition) is 0. The van der Waals surface area contributed by atoms with Gasteiger partial charge in [-0.3, -0.25) is 0 Å². The monoisotopic (exact) mass is 237 g/mol. The summed E-state index contributed by atoms with van der Waals surface area (Å²) in [5.74, 6) is 2.70. The Morgan fingerprint density at radius 3 is 3.12 bits per heavy atom. The lowest BCUT2D eigenvalue weighted by Gasteiger charge is -1.95. The molecular weight excluding hydrogens is 226 g/mol. The van der Waals surface area contributed by atoms with Gasteiger partial charge in [0, 0.05) is 13.0 Å². The summed E-state index contributed by atoms with van der Waals surface area (Å²) in [5.41, 5.74) is 0. The van der Waals surface area contributed by atoms with Gasteiger partial charge in [0.2, 0.25) is 5.89 Å². The van der Waals surface area contributed by atoms with Crippen LogP contribution >= 0.6 is 11.8 Å². The van der Waals surface area contributed by atoms with Crippen LogP contribution in [0.15, 0.2) is 16.0 Å². The minimum atomic E-state index is 0.515. The Labute approximate surface area is 96.4 Å². The fourth-order valence-electron chi connectivity index (χ4n) is 1.37. The lowest BCUT2D eigenvalue weighted by Crippen LogP contribution is -1.93. The molecule has 0 aromatic carbocycles. The largest absolute Gasteiger partial charge is 0.339 e. The van der Waals surface area contributed by atoms with Crippen LogP contribution in [0, 0.1) is 0 Å². The maximum Gasteiger partial charge on any atom is 0.229 e. The van der Waals surface area contributed by atoms with Crippen LogP contribution in [0.5, 0.6) is 0 Å². The second kappa shape index (κ2) is 3.89. The third kappa shape index (κ3) is 1.95. The Morgan fingerprint density at radius 2 is 2.44 bits per heavy atom. The minimum absolute atomic E-state index is 0.515. The SMILES string of the molecule is Cn1ncnc1SCc1noc(C2CC2)n1. The molecule has 0 bridgehead atoms. The highest BCUT2D eigenvalue weighted by Crippen LogP contribution is 2.39. The summed E-state index contributed by atoms with van der Waals surface area (Å²) in [6, 6.07) is 0. The number of nitrogens with zero attached hydrogens (tertiary/aromatic N) is 5. The van der Waals surface area contributed by atoms with Gasteiger partial charge in [-0.1, -0.05) is 16.9 Å². The molecule has 2 aromatic rings. The van der Waals surface area contributed by atoms with E-state index in [2.05, 4.69) is 20.2 Å². The molecule has 7 heteroatoms. The predicted molar refractivity (Wildman–Crippen MR) is 56.8 cm³/mol. The van der Waals surface area contributed by atoms with Gasteiger partial charge >= 0.3 is 0 Å². The highest BCUT2D eigenvalue weighted by atomic mass is 32.2. The van der Waals surface area contributed by atoms with Crippen LogP contribution in [0.2, 0.25) is 0 Å². The molecule has 0 aliphatic heterocycles. The van der Waals surface area contributed by atoms with Gasteiger partial charge in [0.05, 0.1) is 5.75 Å². The first-order valence-corrected chi connectivity index (χ1v) is 6.11. The molecule has 1 fully saturated rings. The highest BCUT2D eigenvalue weighted by Gasteiger charge is 2.29. The van der Waals surface area contributed by atoms with Gasteiger partial charge in [0.1, 0.15) is 6.33 Å². The average molecular weight is 237 g/mol. The van der Waals surface area contributed by atoms with Crippen molar-refractivity contribution in [1.29, 1.82) is 0 Å². The zero-order valence-corrected chi connectivity index (χ0v) is 9.65. The van der Waals surface area contributed by atoms with Crippen molar-refractivity contribution in [3.05, 3.63) is 18.0 Å². The zero-order chi connectivity index (χ0) is 11.0. The van der Waals surface area contributed by atoms with Crippen LogP contribution in [0.25, 0.3) is 0 Å². The zero-order valence-electron chi connectivity index (χ0n) is 8.83. The summed E-state index contributed by atoms with van der Waals surface area (Å²) in [5, 5.41) is 8.79. The standard InChI is InChI=1S/C9H11N5OS/c1-14-9(10-5-11-14)16-4-7-12-8(15-13-7)6-2-3-6/h5-6H,2-4H2,1H3. The third-order valence-corrected chi connectivity index (χ3v) is 3.44. The van der Waals surface area contributed by atoms with Crippen molar-refractivity contribution in [2.45, 2.75) is 29.7 Å². The Hall–Kier alpha value is -1.37. The molecule has 16 heavy (non-hydrogen) atoms. The molecule has 3 rings (SSSR count). The molecule has 0 N–H and O–H groups in total. The van der Waals surface area contributed by atoms with Gasteiger partial charge in [-0.25, -0.2) is 9.67 Å². The lowest BCUT2D eigenvalue weighted by molar-refractivity contribution is 0.375. The predicted octanol–water partition coefficient (Wildman–Crippen LogP) is 1.37. The lowest BCUT2D eigenvalue weighted by atomic mass is 10.4. The normalized spacial score (nSPS) is 15.6. The maximum atomic E-state index is 5.17. The summed E-state index contributed by atoms with van der Waals surface area (Å²) in [4.78, 5) is 8.46. The Kier molecular flexibility index (Phi) is 2.39. The molecule has 84 valence electrons. The van der Waals surface area contributed by atoms with E-state index < -0.39 is 0 Å². The summed E-state index contributed by atoms with van der Waals surface area (Å²) in [6.07, 6.45) is 3.89. The molecule has 2 heterocycles. The fourth-order valence-corrected chi connectivity index (χ4v) is 2.10. The van der Waals surface area contributed by atoms with Gasteiger partial charge in [-0.2, -0.15) is 10.1 Å². The van der Waals surface area contributed by atoms with Crippen molar-refractivity contribution in [2.75, 3.05) is 0 Å². The second-order valence-corrected chi connectivity index (χ2v) is 4.72. The molecule has 0 radical (unpaired) electrons. The van der Waals surface area contributed by atoms with Crippen LogP contribution in [-0.4, -0.2) is 24.9 Å². The Morgan fingerprint density at radius 1 is 1.56 bits per heavy atom. The molecule has 6 nitrogen and oxygen atoms in total. The number of aryl methyl sites for hydroxylation is 1. The van der Waals surface area contributed by atoms with Crippen molar-refractivity contribution >= 4 is 11.8 Å². The first-order chi connectivity index (χ1) is 7.83. The maximum absolute atomic E-state index is 5.17. The van der Waals surface area contributed by atoms with Crippen molar-refractivity contribution in [2.24, 2.45) is 7.05 Å². The first kappa shape index (κ1) is 9.83. The summed E-state index contributed by atoms with van der Waals surface area (Å²) in [6.45, 7) is 0. The molecule has 2 aromatic heterocycles. The van der Waals surface area contributed by atoms with Gasteiger partial charge in [0.15, 0.2) is 11.0 Å². The van der Waals surface area contributed by atoms with E-state index in [1.807, 2.05) is 7.05 Å². The van der Waals surface area contributed by atoms with Crippen LogP contribution < -0.4 is 0 Å². The van der Waals surface area contributed by atoms with E-state index in [0.29, 0.717) is 11.7 Å². The minimum Gasteiger partial charge on any atom is -0.339 e. The van der Waals surface area contributed by atoms with Crippen molar-refractivity contribution in [3.8, 4) is 0 Å². The molecular formula is C9H11N5OS. The molecule has 1 aliphatic rings. The van der Waals surface area contributed by atoms with Gasteiger partial charge in [-0.15, -0.1) is 0 Å². The Balaban J connectivity index is 1.63. The molecule has 0 saturated heterocycles. The fraction of sp³-hybridized carbons (Fsp3) is 0.556. The van der Waals surface area contributed by atoms with Crippen molar-refractivity contribution in [3.63, 3.8) is 0 Å². The van der Waals surface area contributed by atoms with Crippen molar-refractivity contribution in [1.82, 2.24) is 24.9 Å². The molecule has 0 amide bonds. The number of hydrogen-bond acceptors (Lipinski definition) is 6. The van der Waals surface area contributed by atoms with Crippen LogP contribution in [-0.2, 0) is 12.8 Å². The highest BCUT2D eigenvalue weighted by molar-refractivity contribution is 7.98. The third-order valence-electron chi connectivity index (χ3n) is 2.41. The van der Waals surface area contributed by atoms with Crippen LogP contribution in [0.1, 0.15) is 30.5 Å². The Bertz CT molecular complexity index is 490. The van der Waals surface area contributed by atoms with E-state index in [4.69, 9.17) is 4.52 Å². The summed E-state index contributed by atoms with van der Waals surface area (Å²) >= 11 is 1.56. The molecule has 1 aliphatic carbocycles. The van der Waals surface area contributed by atoms with Gasteiger partial charge in [0.25, 0.3) is 0 Å². The topological polar surface area (TPSA) is 69.6 Å². The van der Waals surface area contributed by atoms with Crippen LogP contribution in [0.3, 0.4) is 0 Å². The van der Waals surface area contributed by atoms with E-state index in [0.717, 1.165) is 16.9 Å². The van der Waals surface area contributed by atoms with E-state index >= 15 is 0 Å². The second-order valence-electron chi connectivity index (χ2n) is 3.78. The number of aromatic nitrogens is 5. The quantitative estimate of drug-likeness (QED) is 0.748. The van der Waals surface area contributed by atoms with Gasteiger partial charge < -0.3 is 4.52 Å². The summed E-state index contributed by atoms with van der Waals surface area (Å²) < 4.78 is 6.90. The van der Waals surface area contributed by atoms with E-state index in [1.54, 1.807) is 16.4 Å². The van der Waals surface area contributed by atoms with E-state index in [1.165, 1.54) is 19.2 Å². The smallest absolute Gasteiger partial charge is 0.229 e. The average Bonchev–Trinajstić information content (AvgIpc) is 2.89. The first-order valence-electron chi connectivity index (χ1n) is 5.12. The number of thioether (sulfide) groups is 1. The number of rotatable bonds is 4. The molecule has 0 unspecified atom stereocenters. The van der Waals surface area contributed by atoms with Gasteiger partial charge in [-0.05, 0) is 12.8 Å². The van der Waals surface area contributed by atoms with E-state index in [9.17, 15) is 0 Å². The molecule has 0 spiro atoms. The molecule has 0 atom stereocenters. The van der Waals surface area contributed by atoms with Crippen molar-refractivity contribution < 1.29 is 4.52 Å². The van der Waals surface area contributed by atoms with Crippen LogP contribution in [0.4, 0.5) is 0 Å².